The van der Waals surface area contributed by atoms with Crippen LogP contribution in [0.15, 0.2) is 30.5 Å². The van der Waals surface area contributed by atoms with Crippen LogP contribution in [-0.4, -0.2) is 16.1 Å². The third-order valence-corrected chi connectivity index (χ3v) is 3.56. The van der Waals surface area contributed by atoms with Gasteiger partial charge in [-0.05, 0) is 23.5 Å². The van der Waals surface area contributed by atoms with Crippen molar-refractivity contribution < 1.29 is 9.90 Å². The Kier molecular flexibility index (Phi) is 3.16. The van der Waals surface area contributed by atoms with E-state index < -0.39 is 5.97 Å². The number of aromatic amines is 1. The van der Waals surface area contributed by atoms with Gasteiger partial charge in [-0.1, -0.05) is 39.0 Å². The van der Waals surface area contributed by atoms with E-state index in [1.165, 1.54) is 10.9 Å². The Labute approximate surface area is 107 Å². The third-order valence-electron chi connectivity index (χ3n) is 3.56. The highest BCUT2D eigenvalue weighted by Crippen LogP contribution is 2.35. The summed E-state index contributed by atoms with van der Waals surface area (Å²) < 4.78 is 0. The first-order valence-corrected chi connectivity index (χ1v) is 6.21. The maximum atomic E-state index is 11.0. The summed E-state index contributed by atoms with van der Waals surface area (Å²) in [5, 5.41) is 10.2. The minimum atomic E-state index is -0.733. The van der Waals surface area contributed by atoms with Crippen LogP contribution in [0, 0.1) is 5.92 Å². The van der Waals surface area contributed by atoms with E-state index in [1.807, 2.05) is 24.4 Å². The predicted molar refractivity (Wildman–Crippen MR) is 72.7 cm³/mol. The van der Waals surface area contributed by atoms with Gasteiger partial charge in [-0.3, -0.25) is 4.79 Å². The van der Waals surface area contributed by atoms with Gasteiger partial charge in [-0.15, -0.1) is 0 Å². The Balaban J connectivity index is 2.37. The van der Waals surface area contributed by atoms with E-state index in [2.05, 4.69) is 24.9 Å². The molecule has 1 aromatic carbocycles. The second-order valence-corrected chi connectivity index (χ2v) is 5.58. The number of aliphatic carboxylic acids is 1. The second kappa shape index (κ2) is 4.48. The number of benzene rings is 1. The van der Waals surface area contributed by atoms with Gasteiger partial charge in [-0.2, -0.15) is 0 Å². The Morgan fingerprint density at radius 3 is 2.72 bits per heavy atom. The summed E-state index contributed by atoms with van der Waals surface area (Å²) >= 11 is 0. The van der Waals surface area contributed by atoms with E-state index in [0.717, 1.165) is 5.52 Å². The smallest absolute Gasteiger partial charge is 0.306 e. The average Bonchev–Trinajstić information content (AvgIpc) is 2.72. The van der Waals surface area contributed by atoms with Gasteiger partial charge in [0.15, 0.2) is 0 Å². The molecule has 18 heavy (non-hydrogen) atoms. The highest BCUT2D eigenvalue weighted by Gasteiger charge is 2.28. The molecule has 0 aliphatic heterocycles. The largest absolute Gasteiger partial charge is 0.481 e. The van der Waals surface area contributed by atoms with Crippen LogP contribution in [-0.2, 0) is 10.2 Å². The number of hydrogen-bond acceptors (Lipinski definition) is 1. The molecule has 3 nitrogen and oxygen atoms in total. The zero-order chi connectivity index (χ0) is 13.3. The lowest BCUT2D eigenvalue weighted by molar-refractivity contribution is -0.141. The van der Waals surface area contributed by atoms with Gasteiger partial charge in [0.2, 0.25) is 0 Å². The van der Waals surface area contributed by atoms with Gasteiger partial charge < -0.3 is 10.1 Å². The molecular weight excluding hydrogens is 226 g/mol. The van der Waals surface area contributed by atoms with Gasteiger partial charge in [0.25, 0.3) is 0 Å². The highest BCUT2D eigenvalue weighted by molar-refractivity contribution is 5.84. The summed E-state index contributed by atoms with van der Waals surface area (Å²) in [6.45, 7) is 5.96. The normalized spacial score (nSPS) is 13.7. The van der Waals surface area contributed by atoms with Crippen molar-refractivity contribution in [3.05, 3.63) is 36.0 Å². The number of hydrogen-bond donors (Lipinski definition) is 2. The van der Waals surface area contributed by atoms with Crippen molar-refractivity contribution in [1.29, 1.82) is 0 Å². The molecule has 0 aliphatic rings. The van der Waals surface area contributed by atoms with Crippen molar-refractivity contribution in [2.24, 2.45) is 5.92 Å². The van der Waals surface area contributed by atoms with Gasteiger partial charge in [0.1, 0.15) is 0 Å². The molecule has 1 atom stereocenters. The number of rotatable bonds is 4. The molecule has 1 aromatic heterocycles. The zero-order valence-electron chi connectivity index (χ0n) is 11.0. The summed E-state index contributed by atoms with van der Waals surface area (Å²) in [7, 11) is 0. The molecule has 0 radical (unpaired) electrons. The van der Waals surface area contributed by atoms with Crippen LogP contribution in [0.3, 0.4) is 0 Å². The fourth-order valence-corrected chi connectivity index (χ4v) is 2.59. The predicted octanol–water partition coefficient (Wildman–Crippen LogP) is 3.56. The Bertz CT molecular complexity index is 569. The lowest BCUT2D eigenvalue weighted by atomic mass is 9.77. The quantitative estimate of drug-likeness (QED) is 0.865. The van der Waals surface area contributed by atoms with Gasteiger partial charge in [0, 0.05) is 17.1 Å². The molecule has 2 N–H and O–H groups in total. The van der Waals surface area contributed by atoms with E-state index >= 15 is 0 Å². The molecule has 1 unspecified atom stereocenters. The molecule has 0 aliphatic carbocycles. The molecule has 0 amide bonds. The maximum Gasteiger partial charge on any atom is 0.306 e. The Morgan fingerprint density at radius 2 is 2.06 bits per heavy atom. The maximum absolute atomic E-state index is 11.0. The number of nitrogens with one attached hydrogen (secondary N) is 1. The van der Waals surface area contributed by atoms with Crippen LogP contribution in [0.2, 0.25) is 0 Å². The third kappa shape index (κ3) is 2.26. The van der Waals surface area contributed by atoms with Crippen molar-refractivity contribution in [2.45, 2.75) is 32.6 Å². The molecule has 0 fully saturated rings. The molecule has 0 bridgehead atoms. The van der Waals surface area contributed by atoms with E-state index in [9.17, 15) is 4.79 Å². The van der Waals surface area contributed by atoms with Crippen LogP contribution in [0.4, 0.5) is 0 Å². The molecule has 3 heteroatoms. The summed E-state index contributed by atoms with van der Waals surface area (Å²) in [5.74, 6) is -1.07. The summed E-state index contributed by atoms with van der Waals surface area (Å²) in [6.07, 6.45) is 2.63. The van der Waals surface area contributed by atoms with Crippen molar-refractivity contribution in [3.8, 4) is 0 Å². The number of fused-ring (bicyclic) bond motifs is 1. The van der Waals surface area contributed by atoms with Crippen LogP contribution in [0.1, 0.15) is 32.8 Å². The molecular formula is C15H19NO2. The average molecular weight is 245 g/mol. The zero-order valence-corrected chi connectivity index (χ0v) is 11.0. The molecule has 0 saturated heterocycles. The Morgan fingerprint density at radius 1 is 1.39 bits per heavy atom. The summed E-state index contributed by atoms with van der Waals surface area (Å²) in [4.78, 5) is 14.3. The molecule has 0 saturated carbocycles. The number of para-hydroxylation sites is 1. The van der Waals surface area contributed by atoms with E-state index in [4.69, 9.17) is 5.11 Å². The van der Waals surface area contributed by atoms with Crippen molar-refractivity contribution in [3.63, 3.8) is 0 Å². The van der Waals surface area contributed by atoms with Crippen molar-refractivity contribution in [1.82, 2.24) is 4.98 Å². The van der Waals surface area contributed by atoms with Gasteiger partial charge in [0.05, 0.1) is 5.92 Å². The highest BCUT2D eigenvalue weighted by atomic mass is 16.4. The SMILES string of the molecule is CC(CC(C)(C)c1c[nH]c2ccccc12)C(=O)O. The lowest BCUT2D eigenvalue weighted by Crippen LogP contribution is -2.24. The minimum Gasteiger partial charge on any atom is -0.481 e. The van der Waals surface area contributed by atoms with Crippen LogP contribution >= 0.6 is 0 Å². The first kappa shape index (κ1) is 12.7. The number of carboxylic acid groups (broad SMARTS) is 1. The first-order chi connectivity index (χ1) is 8.42. The van der Waals surface area contributed by atoms with E-state index in [-0.39, 0.29) is 11.3 Å². The fraction of sp³-hybridized carbons (Fsp3) is 0.400. The van der Waals surface area contributed by atoms with E-state index in [0.29, 0.717) is 6.42 Å². The number of aromatic nitrogens is 1. The molecule has 96 valence electrons. The van der Waals surface area contributed by atoms with Gasteiger partial charge in [-0.25, -0.2) is 0 Å². The topological polar surface area (TPSA) is 53.1 Å². The standard InChI is InChI=1S/C15H19NO2/c1-10(14(17)18)8-15(2,3)12-9-16-13-7-5-4-6-11(12)13/h4-7,9-10,16H,8H2,1-3H3,(H,17,18). The second-order valence-electron chi connectivity index (χ2n) is 5.58. The van der Waals surface area contributed by atoms with E-state index in [1.54, 1.807) is 6.92 Å². The molecule has 2 aromatic rings. The number of H-pyrrole nitrogens is 1. The Hall–Kier alpha value is -1.77. The summed E-state index contributed by atoms with van der Waals surface area (Å²) in [6, 6.07) is 8.12. The van der Waals surface area contributed by atoms with Crippen molar-refractivity contribution >= 4 is 16.9 Å². The fourth-order valence-electron chi connectivity index (χ4n) is 2.59. The van der Waals surface area contributed by atoms with Gasteiger partial charge >= 0.3 is 5.97 Å². The van der Waals surface area contributed by atoms with Crippen LogP contribution < -0.4 is 0 Å². The van der Waals surface area contributed by atoms with Crippen molar-refractivity contribution in [2.75, 3.05) is 0 Å². The lowest BCUT2D eigenvalue weighted by Gasteiger charge is -2.26. The number of carbonyl (C=O) groups is 1. The molecule has 0 spiro atoms. The minimum absolute atomic E-state index is 0.155. The molecule has 2 rings (SSSR count). The van der Waals surface area contributed by atoms with Crippen LogP contribution in [0.25, 0.3) is 10.9 Å². The monoisotopic (exact) mass is 245 g/mol. The molecule has 1 heterocycles. The summed E-state index contributed by atoms with van der Waals surface area (Å²) in [5.41, 5.74) is 2.13. The number of carboxylic acids is 1. The first-order valence-electron chi connectivity index (χ1n) is 6.21. The van der Waals surface area contributed by atoms with Crippen LogP contribution in [0.5, 0.6) is 0 Å².